The fourth-order valence-corrected chi connectivity index (χ4v) is 4.56. The van der Waals surface area contributed by atoms with E-state index in [-0.39, 0.29) is 29.8 Å². The Bertz CT molecular complexity index is 782. The van der Waals surface area contributed by atoms with E-state index in [0.29, 0.717) is 13.0 Å². The molecule has 2 unspecified atom stereocenters. The van der Waals surface area contributed by atoms with Crippen LogP contribution in [0.15, 0.2) is 29.3 Å². The van der Waals surface area contributed by atoms with Gasteiger partial charge in [0.05, 0.1) is 0 Å². The second kappa shape index (κ2) is 11.9. The van der Waals surface area contributed by atoms with Crippen LogP contribution in [-0.2, 0) is 22.7 Å². The first-order valence-corrected chi connectivity index (χ1v) is 12.2. The number of fused-ring (bicyclic) bond motifs is 1. The van der Waals surface area contributed by atoms with Crippen LogP contribution in [0.4, 0.5) is 0 Å². The predicted octanol–water partition coefficient (Wildman–Crippen LogP) is 2.95. The maximum atomic E-state index is 12.6. The summed E-state index contributed by atoms with van der Waals surface area (Å²) >= 11 is 0. The number of rotatable bonds is 8. The third-order valence-corrected chi connectivity index (χ3v) is 6.17. The molecule has 0 spiro atoms. The summed E-state index contributed by atoms with van der Waals surface area (Å²) in [5, 5.41) is 9.86. The summed E-state index contributed by atoms with van der Waals surface area (Å²) in [4.78, 5) is 31.6. The minimum atomic E-state index is 0.0636. The highest BCUT2D eigenvalue weighted by molar-refractivity contribution is 5.81. The summed E-state index contributed by atoms with van der Waals surface area (Å²) < 4.78 is 0. The number of carbonyl (C=O) groups is 2. The maximum Gasteiger partial charge on any atom is 0.223 e. The number of hydrogen-bond acceptors (Lipinski definition) is 3. The lowest BCUT2D eigenvalue weighted by Crippen LogP contribution is -2.47. The van der Waals surface area contributed by atoms with Crippen LogP contribution in [0, 0.1) is 5.92 Å². The summed E-state index contributed by atoms with van der Waals surface area (Å²) in [5.41, 5.74) is 2.51. The molecule has 3 rings (SSSR count). The number of nitrogens with zero attached hydrogens (tertiary/aromatic N) is 2. The van der Waals surface area contributed by atoms with Crippen LogP contribution in [0.25, 0.3) is 0 Å². The van der Waals surface area contributed by atoms with Gasteiger partial charge in [0, 0.05) is 50.6 Å². The number of benzene rings is 1. The Kier molecular flexibility index (Phi) is 8.94. The Hall–Kier alpha value is -2.57. The van der Waals surface area contributed by atoms with Crippen LogP contribution in [0.3, 0.4) is 0 Å². The van der Waals surface area contributed by atoms with Crippen molar-refractivity contribution in [2.45, 2.75) is 84.5 Å². The molecule has 1 aliphatic heterocycles. The molecular formula is C25H39N5O2. The van der Waals surface area contributed by atoms with E-state index in [1.165, 1.54) is 11.1 Å². The van der Waals surface area contributed by atoms with Crippen molar-refractivity contribution in [3.63, 3.8) is 0 Å². The van der Waals surface area contributed by atoms with Gasteiger partial charge in [-0.15, -0.1) is 0 Å². The molecule has 2 aliphatic rings. The molecule has 1 fully saturated rings. The van der Waals surface area contributed by atoms with Gasteiger partial charge in [0.15, 0.2) is 5.96 Å². The first-order valence-electron chi connectivity index (χ1n) is 12.2. The van der Waals surface area contributed by atoms with Gasteiger partial charge in [-0.1, -0.05) is 30.7 Å². The third kappa shape index (κ3) is 6.97. The van der Waals surface area contributed by atoms with Gasteiger partial charge in [0.1, 0.15) is 0 Å². The Labute approximate surface area is 192 Å². The lowest BCUT2D eigenvalue weighted by atomic mass is 9.85. The molecule has 0 bridgehead atoms. The molecule has 1 saturated carbocycles. The van der Waals surface area contributed by atoms with E-state index in [9.17, 15) is 9.59 Å². The molecule has 7 heteroatoms. The highest BCUT2D eigenvalue weighted by atomic mass is 16.2. The van der Waals surface area contributed by atoms with Gasteiger partial charge >= 0.3 is 0 Å². The molecule has 1 aromatic rings. The number of guanidine groups is 1. The van der Waals surface area contributed by atoms with Crippen molar-refractivity contribution in [3.8, 4) is 0 Å². The smallest absolute Gasteiger partial charge is 0.223 e. The maximum absolute atomic E-state index is 12.6. The second-order valence-electron chi connectivity index (χ2n) is 9.25. The first-order chi connectivity index (χ1) is 15.5. The summed E-state index contributed by atoms with van der Waals surface area (Å²) in [6, 6.07) is 8.68. The Morgan fingerprint density at radius 1 is 1.16 bits per heavy atom. The quantitative estimate of drug-likeness (QED) is 0.329. The van der Waals surface area contributed by atoms with Crippen molar-refractivity contribution in [2.24, 2.45) is 10.9 Å². The average Bonchev–Trinajstić information content (AvgIpc) is 3.21. The highest BCUT2D eigenvalue weighted by Crippen LogP contribution is 2.25. The summed E-state index contributed by atoms with van der Waals surface area (Å²) in [6.07, 6.45) is 5.11. The van der Waals surface area contributed by atoms with E-state index in [2.05, 4.69) is 33.1 Å². The lowest BCUT2D eigenvalue weighted by molar-refractivity contribution is -0.132. The van der Waals surface area contributed by atoms with E-state index >= 15 is 0 Å². The van der Waals surface area contributed by atoms with Crippen molar-refractivity contribution in [1.82, 2.24) is 20.9 Å². The number of nitrogens with one attached hydrogen (secondary N) is 3. The molecule has 32 heavy (non-hydrogen) atoms. The molecule has 176 valence electrons. The fraction of sp³-hybridized carbons (Fsp3) is 0.640. The molecule has 1 aromatic carbocycles. The molecule has 0 saturated heterocycles. The average molecular weight is 442 g/mol. The van der Waals surface area contributed by atoms with Gasteiger partial charge in [-0.2, -0.15) is 0 Å². The largest absolute Gasteiger partial charge is 0.357 e. The van der Waals surface area contributed by atoms with E-state index in [0.717, 1.165) is 57.7 Å². The fourth-order valence-electron chi connectivity index (χ4n) is 4.56. The minimum Gasteiger partial charge on any atom is -0.357 e. The molecule has 2 amide bonds. The van der Waals surface area contributed by atoms with Crippen LogP contribution >= 0.6 is 0 Å². The Balaban J connectivity index is 1.43. The van der Waals surface area contributed by atoms with Gasteiger partial charge in [0.25, 0.3) is 0 Å². The van der Waals surface area contributed by atoms with Gasteiger partial charge in [-0.25, -0.2) is 0 Å². The van der Waals surface area contributed by atoms with Gasteiger partial charge in [-0.05, 0) is 57.6 Å². The van der Waals surface area contributed by atoms with Crippen molar-refractivity contribution >= 4 is 17.8 Å². The van der Waals surface area contributed by atoms with Crippen LogP contribution in [-0.4, -0.2) is 47.8 Å². The van der Waals surface area contributed by atoms with Crippen LogP contribution < -0.4 is 16.0 Å². The molecule has 7 nitrogen and oxygen atoms in total. The first kappa shape index (κ1) is 24.1. The SMILES string of the molecule is CCNC(=NCCCC(=O)N1Cc2ccccc2C1)NC1CCCC(C(=O)NC(C)C)C1. The zero-order chi connectivity index (χ0) is 22.9. The Morgan fingerprint density at radius 2 is 1.88 bits per heavy atom. The second-order valence-corrected chi connectivity index (χ2v) is 9.25. The summed E-state index contributed by atoms with van der Waals surface area (Å²) in [6.45, 7) is 8.86. The minimum absolute atomic E-state index is 0.0636. The summed E-state index contributed by atoms with van der Waals surface area (Å²) in [5.74, 6) is 1.20. The van der Waals surface area contributed by atoms with Crippen LogP contribution in [0.5, 0.6) is 0 Å². The van der Waals surface area contributed by atoms with Crippen molar-refractivity contribution in [3.05, 3.63) is 35.4 Å². The van der Waals surface area contributed by atoms with Gasteiger partial charge in [-0.3, -0.25) is 14.6 Å². The molecule has 1 heterocycles. The van der Waals surface area contributed by atoms with Crippen molar-refractivity contribution in [2.75, 3.05) is 13.1 Å². The number of aliphatic imine (C=N–C) groups is 1. The van der Waals surface area contributed by atoms with Crippen LogP contribution in [0.2, 0.25) is 0 Å². The monoisotopic (exact) mass is 441 g/mol. The number of amides is 2. The molecule has 3 N–H and O–H groups in total. The molecular weight excluding hydrogens is 402 g/mol. The standard InChI is InChI=1S/C25H39N5O2/c1-4-26-25(29-22-12-7-11-19(15-22)24(32)28-18(2)3)27-14-8-13-23(31)30-16-20-9-5-6-10-21(20)17-30/h5-6,9-10,18-19,22H,4,7-8,11-17H2,1-3H3,(H,28,32)(H2,26,27,29). The Morgan fingerprint density at radius 3 is 2.53 bits per heavy atom. The molecule has 1 aliphatic carbocycles. The topological polar surface area (TPSA) is 85.8 Å². The van der Waals surface area contributed by atoms with E-state index in [1.807, 2.05) is 37.8 Å². The van der Waals surface area contributed by atoms with Gasteiger partial charge in [0.2, 0.25) is 11.8 Å². The highest BCUT2D eigenvalue weighted by Gasteiger charge is 2.28. The van der Waals surface area contributed by atoms with Gasteiger partial charge < -0.3 is 20.9 Å². The normalized spacial score (nSPS) is 20.8. The zero-order valence-corrected chi connectivity index (χ0v) is 19.8. The predicted molar refractivity (Wildman–Crippen MR) is 128 cm³/mol. The summed E-state index contributed by atoms with van der Waals surface area (Å²) in [7, 11) is 0. The van der Waals surface area contributed by atoms with E-state index in [4.69, 9.17) is 0 Å². The molecule has 2 atom stereocenters. The van der Waals surface area contributed by atoms with Crippen molar-refractivity contribution in [1.29, 1.82) is 0 Å². The lowest BCUT2D eigenvalue weighted by Gasteiger charge is -2.30. The zero-order valence-electron chi connectivity index (χ0n) is 19.8. The van der Waals surface area contributed by atoms with E-state index in [1.54, 1.807) is 0 Å². The molecule has 0 aromatic heterocycles. The third-order valence-electron chi connectivity index (χ3n) is 6.17. The number of hydrogen-bond donors (Lipinski definition) is 3. The van der Waals surface area contributed by atoms with Crippen molar-refractivity contribution < 1.29 is 9.59 Å². The van der Waals surface area contributed by atoms with E-state index < -0.39 is 0 Å². The molecule has 0 radical (unpaired) electrons. The number of carbonyl (C=O) groups excluding carboxylic acids is 2. The van der Waals surface area contributed by atoms with Crippen LogP contribution in [0.1, 0.15) is 70.4 Å².